The van der Waals surface area contributed by atoms with Gasteiger partial charge in [-0.2, -0.15) is 0 Å². The first-order valence-corrected chi connectivity index (χ1v) is 21.7. The highest BCUT2D eigenvalue weighted by Crippen LogP contribution is 2.34. The fourth-order valence-corrected chi connectivity index (χ4v) is 6.61. The fourth-order valence-electron chi connectivity index (χ4n) is 6.61. The van der Waals surface area contributed by atoms with E-state index in [1.165, 1.54) is 24.0 Å². The predicted molar refractivity (Wildman–Crippen MR) is 239 cm³/mol. The van der Waals surface area contributed by atoms with Crippen LogP contribution in [0.15, 0.2) is 0 Å². The Morgan fingerprint density at radius 3 is 1.30 bits per heavy atom. The molecule has 2 amide bonds. The number of amides is 2. The summed E-state index contributed by atoms with van der Waals surface area (Å²) in [6.07, 6.45) is 0.311. The maximum Gasteiger partial charge on any atom is 0.411 e. The highest BCUT2D eigenvalue weighted by molar-refractivity contribution is 5.85. The molecule has 0 aromatic rings. The van der Waals surface area contributed by atoms with Crippen molar-refractivity contribution < 1.29 is 62.0 Å². The molecule has 2 heterocycles. The molecule has 0 saturated carbocycles. The highest BCUT2D eigenvalue weighted by Gasteiger charge is 2.49. The summed E-state index contributed by atoms with van der Waals surface area (Å²) in [7, 11) is 2.57. The van der Waals surface area contributed by atoms with E-state index in [-0.39, 0.29) is 35.2 Å². The highest BCUT2D eigenvalue weighted by atomic mass is 16.6. The minimum absolute atomic E-state index is 0.00312. The van der Waals surface area contributed by atoms with Crippen molar-refractivity contribution in [3.8, 4) is 0 Å². The second kappa shape index (κ2) is 22.8. The molecule has 0 aliphatic carbocycles. The molecule has 0 aromatic carbocycles. The van der Waals surface area contributed by atoms with E-state index < -0.39 is 82.2 Å². The quantitative estimate of drug-likeness (QED) is 0.149. The number of ether oxygens (including phenoxy) is 6. The number of hydrogen-bond donors (Lipinski definition) is 2. The Hall–Kier alpha value is -3.99. The lowest BCUT2D eigenvalue weighted by atomic mass is 9.86. The zero-order valence-corrected chi connectivity index (χ0v) is 42.6. The van der Waals surface area contributed by atoms with Crippen LogP contribution in [0.4, 0.5) is 9.59 Å². The van der Waals surface area contributed by atoms with Gasteiger partial charge in [0.25, 0.3) is 0 Å². The van der Waals surface area contributed by atoms with E-state index in [1.807, 2.05) is 96.9 Å². The molecule has 17 heteroatoms. The number of hydrogen-bond acceptors (Lipinski definition) is 15. The summed E-state index contributed by atoms with van der Waals surface area (Å²) in [5.74, 6) is -1.78. The lowest BCUT2D eigenvalue weighted by molar-refractivity contribution is -0.161. The third kappa shape index (κ3) is 20.2. The van der Waals surface area contributed by atoms with E-state index in [9.17, 15) is 33.6 Å². The largest absolute Gasteiger partial charge is 0.467 e. The molecule has 17 nitrogen and oxygen atoms in total. The third-order valence-corrected chi connectivity index (χ3v) is 9.71. The zero-order valence-electron chi connectivity index (χ0n) is 42.6. The molecule has 366 valence electrons. The molecule has 2 rings (SSSR count). The third-order valence-electron chi connectivity index (χ3n) is 9.71. The summed E-state index contributed by atoms with van der Waals surface area (Å²) in [5, 5.41) is 3.30. The first-order valence-electron chi connectivity index (χ1n) is 21.7. The van der Waals surface area contributed by atoms with Gasteiger partial charge < -0.3 is 44.3 Å². The Kier molecular flexibility index (Phi) is 21.3. The Labute approximate surface area is 377 Å². The number of nitrogens with two attached hydrogens (primary N) is 1. The summed E-state index contributed by atoms with van der Waals surface area (Å²) >= 11 is 0. The van der Waals surface area contributed by atoms with Crippen molar-refractivity contribution in [1.82, 2.24) is 15.1 Å². The predicted octanol–water partition coefficient (Wildman–Crippen LogP) is 6.59. The van der Waals surface area contributed by atoms with Gasteiger partial charge in [0.2, 0.25) is 0 Å². The zero-order chi connectivity index (χ0) is 50.0. The average Bonchev–Trinajstić information content (AvgIpc) is 3.59. The number of nitrogens with one attached hydrogen (secondary N) is 1. The van der Waals surface area contributed by atoms with Crippen molar-refractivity contribution in [2.24, 2.45) is 28.4 Å². The molecule has 3 N–H and O–H groups in total. The number of aldehydes is 1. The van der Waals surface area contributed by atoms with Crippen LogP contribution in [0.5, 0.6) is 0 Å². The summed E-state index contributed by atoms with van der Waals surface area (Å²) in [5.41, 5.74) is 2.61. The lowest BCUT2D eigenvalue weighted by Gasteiger charge is -2.36. The molecule has 0 spiro atoms. The van der Waals surface area contributed by atoms with Gasteiger partial charge in [-0.3, -0.25) is 19.4 Å². The molecule has 0 aromatic heterocycles. The average molecular weight is 901 g/mol. The van der Waals surface area contributed by atoms with Crippen LogP contribution in [0.3, 0.4) is 0 Å². The number of esters is 4. The number of carbonyl (C=O) groups excluding carboxylic acids is 7. The molecule has 2 fully saturated rings. The molecule has 0 unspecified atom stereocenters. The molecule has 0 bridgehead atoms. The van der Waals surface area contributed by atoms with E-state index in [4.69, 9.17) is 29.4 Å². The van der Waals surface area contributed by atoms with Crippen LogP contribution in [-0.4, -0.2) is 132 Å². The van der Waals surface area contributed by atoms with Gasteiger partial charge in [-0.1, -0.05) is 55.4 Å². The van der Waals surface area contributed by atoms with Crippen LogP contribution in [-0.2, 0) is 52.4 Å². The van der Waals surface area contributed by atoms with Gasteiger partial charge in [-0.05, 0) is 119 Å². The molecule has 2 saturated heterocycles. The van der Waals surface area contributed by atoms with E-state index in [2.05, 4.69) is 10.1 Å². The topological polar surface area (TPSA) is 219 Å². The van der Waals surface area contributed by atoms with Crippen molar-refractivity contribution in [1.29, 1.82) is 0 Å². The molecular weight excluding hydrogens is 817 g/mol. The van der Waals surface area contributed by atoms with Gasteiger partial charge in [0, 0.05) is 6.54 Å². The fraction of sp³-hybridized carbons (Fsp3) is 0.848. The smallest absolute Gasteiger partial charge is 0.411 e. The van der Waals surface area contributed by atoms with Crippen LogP contribution in [0.2, 0.25) is 0 Å². The monoisotopic (exact) mass is 901 g/mol. The molecule has 2 aliphatic rings. The Morgan fingerprint density at radius 1 is 0.587 bits per heavy atom. The number of nitrogens with zero attached hydrogens (tertiary/aromatic N) is 2. The van der Waals surface area contributed by atoms with Gasteiger partial charge in [0.1, 0.15) is 52.9 Å². The van der Waals surface area contributed by atoms with Crippen LogP contribution >= 0.6 is 0 Å². The van der Waals surface area contributed by atoms with Crippen molar-refractivity contribution in [2.45, 2.75) is 210 Å². The van der Waals surface area contributed by atoms with Crippen molar-refractivity contribution in [2.75, 3.05) is 20.8 Å². The first kappa shape index (κ1) is 59.0. The number of rotatable bonds is 8. The Morgan fingerprint density at radius 2 is 0.952 bits per heavy atom. The minimum Gasteiger partial charge on any atom is -0.467 e. The SMILES string of the molecule is CC(C)(C)OC(=O)[C@H](N)C(C)(C)C.COC(=O)[C@@H]1C[C@@H](C)[C@@H](C=O)N1C(=O)OC(C)(C)C.COC(=O)[C@@H]1C[C@@H](C)[C@@H](CN[C@@H](C(=O)OC(C)(C)C)C(C)(C)C)N1C(=O)OC(C)(C)C. The molecule has 8 atom stereocenters. The summed E-state index contributed by atoms with van der Waals surface area (Å²) < 4.78 is 31.2. The normalized spacial score (nSPS) is 22.8. The van der Waals surface area contributed by atoms with Gasteiger partial charge in [-0.15, -0.1) is 0 Å². The van der Waals surface area contributed by atoms with E-state index in [0.717, 1.165) is 0 Å². The number of likely N-dealkylation sites (tertiary alicyclic amines) is 2. The van der Waals surface area contributed by atoms with Gasteiger partial charge in [0.05, 0.1) is 26.3 Å². The second-order valence-corrected chi connectivity index (χ2v) is 22.6. The molecule has 2 aliphatic heterocycles. The van der Waals surface area contributed by atoms with Crippen molar-refractivity contribution >= 4 is 42.3 Å². The minimum atomic E-state index is -0.759. The molecule has 63 heavy (non-hydrogen) atoms. The van der Waals surface area contributed by atoms with Crippen molar-refractivity contribution in [3.63, 3.8) is 0 Å². The van der Waals surface area contributed by atoms with Crippen LogP contribution in [0.1, 0.15) is 151 Å². The van der Waals surface area contributed by atoms with Crippen molar-refractivity contribution in [3.05, 3.63) is 0 Å². The Balaban J connectivity index is 0.00000102. The number of carbonyl (C=O) groups is 7. The molecular formula is C46H84N4O13. The van der Waals surface area contributed by atoms with E-state index >= 15 is 0 Å². The van der Waals surface area contributed by atoms with Crippen LogP contribution in [0.25, 0.3) is 0 Å². The van der Waals surface area contributed by atoms with Crippen LogP contribution in [0, 0.1) is 22.7 Å². The van der Waals surface area contributed by atoms with E-state index in [1.54, 1.807) is 41.5 Å². The van der Waals surface area contributed by atoms with Gasteiger partial charge >= 0.3 is 36.1 Å². The summed E-state index contributed by atoms with van der Waals surface area (Å²) in [6, 6.07) is -3.63. The van der Waals surface area contributed by atoms with Gasteiger partial charge in [0.15, 0.2) is 0 Å². The molecule has 0 radical (unpaired) electrons. The maximum absolute atomic E-state index is 13.0. The number of methoxy groups -OCH3 is 2. The van der Waals surface area contributed by atoms with Gasteiger partial charge in [-0.25, -0.2) is 19.2 Å². The second-order valence-electron chi connectivity index (χ2n) is 22.6. The van der Waals surface area contributed by atoms with E-state index in [0.29, 0.717) is 25.7 Å². The summed E-state index contributed by atoms with van der Waals surface area (Å²) in [6.45, 7) is 37.2. The summed E-state index contributed by atoms with van der Waals surface area (Å²) in [4.78, 5) is 87.3. The lowest BCUT2D eigenvalue weighted by Crippen LogP contribution is -2.55. The Bertz CT molecular complexity index is 1560. The van der Waals surface area contributed by atoms with Crippen LogP contribution < -0.4 is 11.1 Å². The first-order chi connectivity index (χ1) is 28.1. The standard InChI is InChI=1S/C23H42N2O6.C13H21NO5.C10H21NO2/c1-14-12-15(18(26)29-11)25(20(28)31-23(8,9)10)16(14)13-24-17(21(2,3)4)19(27)30-22(5,6)7;1-8-6-9(11(16)18-5)14(10(8)7-15)12(17)19-13(2,3)4;1-9(2,3)7(11)8(12)13-10(4,5)6/h14-17,24H,12-13H2,1-11H3;7-10H,6H2,1-5H3;7H,11H2,1-6H3/t14-,15+,16-,17+;8-,9+,10-;7-/m110/s1. The maximum atomic E-state index is 13.0.